The van der Waals surface area contributed by atoms with Gasteiger partial charge in [-0.25, -0.2) is 4.98 Å². The molecule has 0 unspecified atom stereocenters. The molecule has 0 aliphatic carbocycles. The average Bonchev–Trinajstić information content (AvgIpc) is 2.59. The Bertz CT molecular complexity index is 704. The molecule has 6 nitrogen and oxygen atoms in total. The molecular formula is C15H15Cl2N5O. The van der Waals surface area contributed by atoms with Crippen molar-refractivity contribution in [1.29, 1.82) is 0 Å². The molecule has 1 fully saturated rings. The first kappa shape index (κ1) is 15.8. The standard InChI is InChI=1S/C15H15Cl2N5O/c16-11-2-1-3-12(14(11)17)19-15-18-5-4-13(20-15)22-8-6-21(10-23)7-9-22/h1-5,10H,6-9H2,(H,18,19,20). The van der Waals surface area contributed by atoms with Crippen LogP contribution in [-0.2, 0) is 4.79 Å². The summed E-state index contributed by atoms with van der Waals surface area (Å²) in [5.41, 5.74) is 0.655. The van der Waals surface area contributed by atoms with E-state index < -0.39 is 0 Å². The lowest BCUT2D eigenvalue weighted by molar-refractivity contribution is -0.118. The number of carbonyl (C=O) groups excluding carboxylic acids is 1. The van der Waals surface area contributed by atoms with Gasteiger partial charge in [-0.15, -0.1) is 0 Å². The van der Waals surface area contributed by atoms with Crippen LogP contribution in [0.4, 0.5) is 17.5 Å². The molecule has 2 heterocycles. The lowest BCUT2D eigenvalue weighted by Crippen LogP contribution is -2.46. The summed E-state index contributed by atoms with van der Waals surface area (Å²) in [6.45, 7) is 2.87. The topological polar surface area (TPSA) is 61.4 Å². The van der Waals surface area contributed by atoms with Crippen molar-refractivity contribution in [2.45, 2.75) is 0 Å². The van der Waals surface area contributed by atoms with E-state index in [1.165, 1.54) is 0 Å². The second kappa shape index (κ2) is 7.02. The zero-order valence-electron chi connectivity index (χ0n) is 12.2. The molecule has 1 aliphatic heterocycles. The normalized spacial score (nSPS) is 14.7. The minimum Gasteiger partial charge on any atom is -0.353 e. The van der Waals surface area contributed by atoms with Crippen molar-refractivity contribution in [2.75, 3.05) is 36.4 Å². The highest BCUT2D eigenvalue weighted by atomic mass is 35.5. The number of piperazine rings is 1. The Balaban J connectivity index is 1.75. The molecule has 0 saturated carbocycles. The van der Waals surface area contributed by atoms with Crippen molar-refractivity contribution >= 4 is 47.1 Å². The average molecular weight is 352 g/mol. The number of rotatable bonds is 4. The molecule has 1 aromatic carbocycles. The largest absolute Gasteiger partial charge is 0.353 e. The van der Waals surface area contributed by atoms with Gasteiger partial charge in [-0.1, -0.05) is 29.3 Å². The van der Waals surface area contributed by atoms with Gasteiger partial charge in [0.1, 0.15) is 5.82 Å². The van der Waals surface area contributed by atoms with Gasteiger partial charge in [-0.3, -0.25) is 4.79 Å². The van der Waals surface area contributed by atoms with Gasteiger partial charge < -0.3 is 15.1 Å². The number of halogens is 2. The number of hydrogen-bond acceptors (Lipinski definition) is 5. The molecule has 1 aromatic heterocycles. The molecule has 1 N–H and O–H groups in total. The van der Waals surface area contributed by atoms with Gasteiger partial charge in [0, 0.05) is 32.4 Å². The molecule has 1 saturated heterocycles. The second-order valence-electron chi connectivity index (χ2n) is 5.09. The van der Waals surface area contributed by atoms with Gasteiger partial charge in [-0.2, -0.15) is 4.98 Å². The summed E-state index contributed by atoms with van der Waals surface area (Å²) in [6.07, 6.45) is 2.57. The van der Waals surface area contributed by atoms with Crippen LogP contribution in [-0.4, -0.2) is 47.5 Å². The van der Waals surface area contributed by atoms with Crippen LogP contribution < -0.4 is 10.2 Å². The monoisotopic (exact) mass is 351 g/mol. The minimum atomic E-state index is 0.433. The lowest BCUT2D eigenvalue weighted by Gasteiger charge is -2.33. The Kier molecular flexibility index (Phi) is 4.83. The number of hydrogen-bond donors (Lipinski definition) is 1. The fourth-order valence-electron chi connectivity index (χ4n) is 2.36. The maximum absolute atomic E-state index is 10.8. The number of carbonyl (C=O) groups is 1. The fourth-order valence-corrected chi connectivity index (χ4v) is 2.71. The third-order valence-corrected chi connectivity index (χ3v) is 4.45. The van der Waals surface area contributed by atoms with Crippen molar-refractivity contribution in [3.8, 4) is 0 Å². The summed E-state index contributed by atoms with van der Waals surface area (Å²) in [5.74, 6) is 1.26. The van der Waals surface area contributed by atoms with Crippen LogP contribution in [0.15, 0.2) is 30.5 Å². The third kappa shape index (κ3) is 3.65. The van der Waals surface area contributed by atoms with Gasteiger partial charge in [0.15, 0.2) is 0 Å². The Morgan fingerprint density at radius 1 is 1.13 bits per heavy atom. The molecule has 0 radical (unpaired) electrons. The van der Waals surface area contributed by atoms with Crippen LogP contribution >= 0.6 is 23.2 Å². The lowest BCUT2D eigenvalue weighted by atomic mass is 10.3. The van der Waals surface area contributed by atoms with E-state index in [0.29, 0.717) is 34.8 Å². The molecule has 1 amide bonds. The van der Waals surface area contributed by atoms with E-state index in [1.54, 1.807) is 23.2 Å². The molecule has 120 valence electrons. The fraction of sp³-hybridized carbons (Fsp3) is 0.267. The Hall–Kier alpha value is -2.05. The molecule has 2 aromatic rings. The number of aromatic nitrogens is 2. The first-order valence-electron chi connectivity index (χ1n) is 7.16. The predicted octanol–water partition coefficient (Wildman–Crippen LogP) is 2.81. The molecule has 1 aliphatic rings. The van der Waals surface area contributed by atoms with Gasteiger partial charge in [0.25, 0.3) is 0 Å². The Morgan fingerprint density at radius 2 is 1.91 bits per heavy atom. The van der Waals surface area contributed by atoms with Crippen LogP contribution in [0.25, 0.3) is 0 Å². The van der Waals surface area contributed by atoms with Crippen molar-refractivity contribution in [1.82, 2.24) is 14.9 Å². The Labute approximate surface area is 144 Å². The highest BCUT2D eigenvalue weighted by molar-refractivity contribution is 6.43. The van der Waals surface area contributed by atoms with E-state index in [4.69, 9.17) is 23.2 Å². The molecule has 23 heavy (non-hydrogen) atoms. The van der Waals surface area contributed by atoms with Crippen LogP contribution in [0.1, 0.15) is 0 Å². The van der Waals surface area contributed by atoms with E-state index in [-0.39, 0.29) is 0 Å². The Morgan fingerprint density at radius 3 is 2.65 bits per heavy atom. The van der Waals surface area contributed by atoms with E-state index in [2.05, 4.69) is 20.2 Å². The van der Waals surface area contributed by atoms with Gasteiger partial charge >= 0.3 is 0 Å². The van der Waals surface area contributed by atoms with Gasteiger partial charge in [-0.05, 0) is 18.2 Å². The second-order valence-corrected chi connectivity index (χ2v) is 5.88. The van der Waals surface area contributed by atoms with Crippen molar-refractivity contribution in [2.24, 2.45) is 0 Å². The summed E-state index contributed by atoms with van der Waals surface area (Å²) in [7, 11) is 0. The first-order valence-corrected chi connectivity index (χ1v) is 7.91. The molecule has 0 spiro atoms. The number of nitrogens with zero attached hydrogens (tertiary/aromatic N) is 4. The van der Waals surface area contributed by atoms with Crippen molar-refractivity contribution in [3.63, 3.8) is 0 Å². The molecule has 0 bridgehead atoms. The van der Waals surface area contributed by atoms with Gasteiger partial charge in [0.2, 0.25) is 12.4 Å². The zero-order valence-corrected chi connectivity index (χ0v) is 13.8. The maximum Gasteiger partial charge on any atom is 0.229 e. The molecular weight excluding hydrogens is 337 g/mol. The summed E-state index contributed by atoms with van der Waals surface area (Å²) >= 11 is 12.2. The summed E-state index contributed by atoms with van der Waals surface area (Å²) in [4.78, 5) is 23.4. The number of anilines is 3. The molecule has 0 atom stereocenters. The highest BCUT2D eigenvalue weighted by Gasteiger charge is 2.17. The third-order valence-electron chi connectivity index (χ3n) is 3.63. The number of benzene rings is 1. The maximum atomic E-state index is 10.8. The number of nitrogens with one attached hydrogen (secondary N) is 1. The van der Waals surface area contributed by atoms with Crippen LogP contribution in [0.5, 0.6) is 0 Å². The highest BCUT2D eigenvalue weighted by Crippen LogP contribution is 2.31. The van der Waals surface area contributed by atoms with E-state index in [1.807, 2.05) is 12.1 Å². The quantitative estimate of drug-likeness (QED) is 0.858. The smallest absolute Gasteiger partial charge is 0.229 e. The van der Waals surface area contributed by atoms with Gasteiger partial charge in [0.05, 0.1) is 15.7 Å². The van der Waals surface area contributed by atoms with E-state index >= 15 is 0 Å². The molecule has 3 rings (SSSR count). The van der Waals surface area contributed by atoms with Crippen LogP contribution in [0, 0.1) is 0 Å². The van der Waals surface area contributed by atoms with Crippen LogP contribution in [0.3, 0.4) is 0 Å². The van der Waals surface area contributed by atoms with Crippen molar-refractivity contribution < 1.29 is 4.79 Å². The molecule has 8 heteroatoms. The summed E-state index contributed by atoms with van der Waals surface area (Å²) < 4.78 is 0. The zero-order chi connectivity index (χ0) is 16.2. The minimum absolute atomic E-state index is 0.433. The van der Waals surface area contributed by atoms with Crippen molar-refractivity contribution in [3.05, 3.63) is 40.5 Å². The van der Waals surface area contributed by atoms with E-state index in [9.17, 15) is 4.79 Å². The SMILES string of the molecule is O=CN1CCN(c2ccnc(Nc3cccc(Cl)c3Cl)n2)CC1. The summed E-state index contributed by atoms with van der Waals surface area (Å²) in [6, 6.07) is 7.19. The summed E-state index contributed by atoms with van der Waals surface area (Å²) in [5, 5.41) is 3.98. The predicted molar refractivity (Wildman–Crippen MR) is 91.6 cm³/mol. The van der Waals surface area contributed by atoms with Crippen LogP contribution in [0.2, 0.25) is 10.0 Å². The van der Waals surface area contributed by atoms with E-state index in [0.717, 1.165) is 25.3 Å². The number of amides is 1. The first-order chi connectivity index (χ1) is 11.2.